The Kier molecular flexibility index (Phi) is 3.55. The second-order valence-electron chi connectivity index (χ2n) is 4.79. The second-order valence-corrected chi connectivity index (χ2v) is 4.79. The van der Waals surface area contributed by atoms with E-state index < -0.39 is 0 Å². The zero-order valence-corrected chi connectivity index (χ0v) is 11.4. The highest BCUT2D eigenvalue weighted by atomic mass is 14.8. The van der Waals surface area contributed by atoms with E-state index in [0.29, 0.717) is 0 Å². The normalized spacial score (nSPS) is 12.8. The number of nitrogens with zero attached hydrogens (tertiary/aromatic N) is 2. The van der Waals surface area contributed by atoms with Crippen LogP contribution in [0, 0.1) is 0 Å². The van der Waals surface area contributed by atoms with E-state index in [1.807, 2.05) is 48.7 Å². The average molecular weight is 260 g/mol. The van der Waals surface area contributed by atoms with E-state index in [1.165, 1.54) is 5.56 Å². The molecule has 0 fully saturated rings. The molecule has 0 aliphatic carbocycles. The van der Waals surface area contributed by atoms with Crippen LogP contribution in [0.1, 0.15) is 24.2 Å². The molecule has 0 radical (unpaired) electrons. The van der Waals surface area contributed by atoms with Crippen molar-refractivity contribution in [1.29, 1.82) is 0 Å². The van der Waals surface area contributed by atoms with Gasteiger partial charge in [-0.05, 0) is 24.6 Å². The highest BCUT2D eigenvalue weighted by Gasteiger charge is 2.01. The molecule has 2 aromatic carbocycles. The van der Waals surface area contributed by atoms with Crippen LogP contribution in [-0.2, 0) is 0 Å². The van der Waals surface area contributed by atoms with Gasteiger partial charge in [-0.15, -0.1) is 0 Å². The largest absolute Gasteiger partial charge is 0.283 e. The predicted molar refractivity (Wildman–Crippen MR) is 84.2 cm³/mol. The van der Waals surface area contributed by atoms with E-state index in [1.54, 1.807) is 0 Å². The molecule has 0 spiro atoms. The summed E-state index contributed by atoms with van der Waals surface area (Å²) in [5, 5.41) is 1.15. The summed E-state index contributed by atoms with van der Waals surface area (Å²) < 4.78 is 0. The minimum Gasteiger partial charge on any atom is -0.283 e. The topological polar surface area (TPSA) is 25.2 Å². The molecule has 0 saturated carbocycles. The molecule has 1 heterocycles. The van der Waals surface area contributed by atoms with Crippen LogP contribution >= 0.6 is 0 Å². The molecule has 3 aromatic rings. The molecule has 0 unspecified atom stereocenters. The summed E-state index contributed by atoms with van der Waals surface area (Å²) in [5.74, 6) is 0. The van der Waals surface area contributed by atoms with Crippen LogP contribution in [-0.4, -0.2) is 11.2 Å². The van der Waals surface area contributed by atoms with E-state index >= 15 is 0 Å². The maximum Gasteiger partial charge on any atom is 0.0815 e. The van der Waals surface area contributed by atoms with Crippen molar-refractivity contribution in [3.8, 4) is 0 Å². The van der Waals surface area contributed by atoms with Crippen LogP contribution in [0.4, 0.5) is 0 Å². The first kappa shape index (κ1) is 12.5. The highest BCUT2D eigenvalue weighted by Crippen LogP contribution is 2.16. The molecule has 0 aliphatic rings. The Balaban J connectivity index is 1.83. The third kappa shape index (κ3) is 2.75. The zero-order valence-electron chi connectivity index (χ0n) is 11.4. The van der Waals surface area contributed by atoms with Gasteiger partial charge in [0.2, 0.25) is 0 Å². The van der Waals surface area contributed by atoms with Crippen molar-refractivity contribution >= 4 is 17.1 Å². The van der Waals surface area contributed by atoms with Gasteiger partial charge < -0.3 is 0 Å². The molecule has 2 nitrogen and oxygen atoms in total. The number of benzene rings is 2. The lowest BCUT2D eigenvalue weighted by Gasteiger charge is -2.05. The molecule has 0 amide bonds. The first-order valence-corrected chi connectivity index (χ1v) is 6.77. The van der Waals surface area contributed by atoms with Crippen molar-refractivity contribution < 1.29 is 0 Å². The third-order valence-corrected chi connectivity index (χ3v) is 3.33. The number of hydrogen-bond donors (Lipinski definition) is 0. The molecular formula is C18H16N2. The quantitative estimate of drug-likeness (QED) is 0.640. The van der Waals surface area contributed by atoms with E-state index in [2.05, 4.69) is 41.2 Å². The number of fused-ring (bicyclic) bond motifs is 1. The molecule has 0 bridgehead atoms. The van der Waals surface area contributed by atoms with Gasteiger partial charge in [0.05, 0.1) is 17.3 Å². The fourth-order valence-electron chi connectivity index (χ4n) is 2.16. The number of pyridine rings is 1. The maximum absolute atomic E-state index is 4.59. The first-order valence-electron chi connectivity index (χ1n) is 6.77. The predicted octanol–water partition coefficient (Wildman–Crippen LogP) is 4.41. The van der Waals surface area contributed by atoms with Crippen LogP contribution in [0.3, 0.4) is 0 Å². The van der Waals surface area contributed by atoms with Gasteiger partial charge in [-0.3, -0.25) is 4.99 Å². The number of hydrogen-bond acceptors (Lipinski definition) is 2. The standard InChI is InChI=1S/C18H16N2/c1-14(15-7-3-2-4-8-15)19-13-17-12-11-16-9-5-6-10-18(16)20-17/h2-14H,1H3/b19-13+/t14-/m0/s1. The van der Waals surface area contributed by atoms with Gasteiger partial charge >= 0.3 is 0 Å². The number of para-hydroxylation sites is 1. The fraction of sp³-hybridized carbons (Fsp3) is 0.111. The van der Waals surface area contributed by atoms with Crippen LogP contribution < -0.4 is 0 Å². The maximum atomic E-state index is 4.59. The van der Waals surface area contributed by atoms with Crippen LogP contribution in [0.25, 0.3) is 10.9 Å². The van der Waals surface area contributed by atoms with Gasteiger partial charge in [0.25, 0.3) is 0 Å². The molecule has 0 N–H and O–H groups in total. The van der Waals surface area contributed by atoms with E-state index in [0.717, 1.165) is 16.6 Å². The van der Waals surface area contributed by atoms with Gasteiger partial charge in [0.1, 0.15) is 0 Å². The monoisotopic (exact) mass is 260 g/mol. The van der Waals surface area contributed by atoms with Crippen molar-refractivity contribution in [1.82, 2.24) is 4.98 Å². The van der Waals surface area contributed by atoms with Gasteiger partial charge in [-0.2, -0.15) is 0 Å². The second kappa shape index (κ2) is 5.66. The highest BCUT2D eigenvalue weighted by molar-refractivity contribution is 5.85. The molecule has 20 heavy (non-hydrogen) atoms. The minimum absolute atomic E-state index is 0.143. The van der Waals surface area contributed by atoms with Gasteiger partial charge in [0.15, 0.2) is 0 Å². The number of rotatable bonds is 3. The van der Waals surface area contributed by atoms with Crippen LogP contribution in [0.5, 0.6) is 0 Å². The zero-order chi connectivity index (χ0) is 13.8. The molecular weight excluding hydrogens is 244 g/mol. The summed E-state index contributed by atoms with van der Waals surface area (Å²) >= 11 is 0. The molecule has 98 valence electrons. The summed E-state index contributed by atoms with van der Waals surface area (Å²) in [5.41, 5.74) is 3.11. The van der Waals surface area contributed by atoms with E-state index in [9.17, 15) is 0 Å². The summed E-state index contributed by atoms with van der Waals surface area (Å²) in [6.07, 6.45) is 1.85. The number of aromatic nitrogens is 1. The number of aliphatic imine (C=N–C) groups is 1. The van der Waals surface area contributed by atoms with Gasteiger partial charge in [-0.25, -0.2) is 4.98 Å². The molecule has 3 rings (SSSR count). The SMILES string of the molecule is C[C@H](/N=C/c1ccc2ccccc2n1)c1ccccc1. The Labute approximate surface area is 118 Å². The van der Waals surface area contributed by atoms with Crippen molar-refractivity contribution in [2.75, 3.05) is 0 Å². The molecule has 1 aromatic heterocycles. The third-order valence-electron chi connectivity index (χ3n) is 3.33. The van der Waals surface area contributed by atoms with Crippen molar-refractivity contribution in [2.24, 2.45) is 4.99 Å². The molecule has 0 aliphatic heterocycles. The van der Waals surface area contributed by atoms with Crippen molar-refractivity contribution in [3.05, 3.63) is 78.0 Å². The molecule has 1 atom stereocenters. The minimum atomic E-state index is 0.143. The first-order chi connectivity index (χ1) is 9.83. The Morgan fingerprint density at radius 3 is 2.50 bits per heavy atom. The van der Waals surface area contributed by atoms with Crippen molar-refractivity contribution in [2.45, 2.75) is 13.0 Å². The lowest BCUT2D eigenvalue weighted by atomic mass is 10.1. The summed E-state index contributed by atoms with van der Waals surface area (Å²) in [4.78, 5) is 9.18. The van der Waals surface area contributed by atoms with Crippen molar-refractivity contribution in [3.63, 3.8) is 0 Å². The Morgan fingerprint density at radius 1 is 0.900 bits per heavy atom. The Morgan fingerprint density at radius 2 is 1.65 bits per heavy atom. The summed E-state index contributed by atoms with van der Waals surface area (Å²) in [6.45, 7) is 2.09. The fourth-order valence-corrected chi connectivity index (χ4v) is 2.16. The lowest BCUT2D eigenvalue weighted by Crippen LogP contribution is -1.93. The van der Waals surface area contributed by atoms with E-state index in [-0.39, 0.29) is 6.04 Å². The molecule has 0 saturated heterocycles. The van der Waals surface area contributed by atoms with Crippen LogP contribution in [0.15, 0.2) is 71.7 Å². The lowest BCUT2D eigenvalue weighted by molar-refractivity contribution is 0.824. The average Bonchev–Trinajstić information content (AvgIpc) is 2.53. The summed E-state index contributed by atoms with van der Waals surface area (Å²) in [7, 11) is 0. The molecule has 2 heteroatoms. The van der Waals surface area contributed by atoms with Gasteiger partial charge in [-0.1, -0.05) is 54.6 Å². The Bertz CT molecular complexity index is 733. The van der Waals surface area contributed by atoms with Crippen LogP contribution in [0.2, 0.25) is 0 Å². The van der Waals surface area contributed by atoms with E-state index in [4.69, 9.17) is 0 Å². The van der Waals surface area contributed by atoms with Gasteiger partial charge in [0, 0.05) is 11.6 Å². The Hall–Kier alpha value is -2.48. The smallest absolute Gasteiger partial charge is 0.0815 e. The summed E-state index contributed by atoms with van der Waals surface area (Å²) in [6, 6.07) is 22.6.